The van der Waals surface area contributed by atoms with Crippen LogP contribution in [0, 0.1) is 5.92 Å². The summed E-state index contributed by atoms with van der Waals surface area (Å²) in [6.07, 6.45) is 1.34. The highest BCUT2D eigenvalue weighted by Gasteiger charge is 2.17. The van der Waals surface area contributed by atoms with Crippen LogP contribution < -0.4 is 9.47 Å². The standard InChI is InChI=1S/C13H19NO.C8H8O2S.C6H6O/c1-12-7-8-14(11-12)9-10-15-13-5-3-2-4-6-13;9-6-1-2-7-8(5-6)11-4-3-10-7;7-6-4-2-1-3-5-6/h2-6,12H,7-11H2,1H3;1-2,5,9H,3-4H2;1-5,7H/t12-;;/m1../s1. The monoisotopic (exact) mass is 467 g/mol. The molecule has 1 fully saturated rings. The summed E-state index contributed by atoms with van der Waals surface area (Å²) in [6.45, 7) is 7.41. The molecule has 0 spiro atoms. The maximum absolute atomic E-state index is 9.12. The molecule has 1 saturated heterocycles. The molecule has 0 saturated carbocycles. The maximum atomic E-state index is 9.12. The van der Waals surface area contributed by atoms with E-state index in [0.29, 0.717) is 11.5 Å². The number of ether oxygens (including phenoxy) is 2. The Kier molecular flexibility index (Phi) is 10.3. The van der Waals surface area contributed by atoms with E-state index in [9.17, 15) is 0 Å². The fourth-order valence-corrected chi connectivity index (χ4v) is 4.36. The molecule has 0 aromatic heterocycles. The number of benzene rings is 3. The lowest BCUT2D eigenvalue weighted by atomic mass is 10.2. The Balaban J connectivity index is 0.000000149. The molecule has 2 aliphatic rings. The molecule has 2 aliphatic heterocycles. The van der Waals surface area contributed by atoms with Gasteiger partial charge in [0.15, 0.2) is 0 Å². The van der Waals surface area contributed by atoms with E-state index in [0.717, 1.165) is 47.8 Å². The van der Waals surface area contributed by atoms with Gasteiger partial charge in [-0.3, -0.25) is 4.90 Å². The number of phenols is 2. The summed E-state index contributed by atoms with van der Waals surface area (Å²) in [5.74, 6) is 4.32. The molecule has 33 heavy (non-hydrogen) atoms. The molecular formula is C27H33NO4S. The topological polar surface area (TPSA) is 62.2 Å². The van der Waals surface area contributed by atoms with Crippen LogP contribution in [0.3, 0.4) is 0 Å². The first-order valence-corrected chi connectivity index (χ1v) is 12.3. The molecule has 1 atom stereocenters. The smallest absolute Gasteiger partial charge is 0.133 e. The first-order chi connectivity index (χ1) is 16.1. The van der Waals surface area contributed by atoms with E-state index in [1.165, 1.54) is 19.5 Å². The van der Waals surface area contributed by atoms with Gasteiger partial charge in [-0.05, 0) is 61.3 Å². The van der Waals surface area contributed by atoms with Gasteiger partial charge in [-0.2, -0.15) is 0 Å². The third-order valence-electron chi connectivity index (χ3n) is 5.21. The fraction of sp³-hybridized carbons (Fsp3) is 0.333. The molecule has 2 N–H and O–H groups in total. The van der Waals surface area contributed by atoms with Crippen LogP contribution in [-0.4, -0.2) is 53.7 Å². The molecule has 176 valence electrons. The minimum atomic E-state index is 0.307. The van der Waals surface area contributed by atoms with Gasteiger partial charge >= 0.3 is 0 Å². The van der Waals surface area contributed by atoms with E-state index in [1.54, 1.807) is 54.2 Å². The number of aromatic hydroxyl groups is 2. The van der Waals surface area contributed by atoms with E-state index in [4.69, 9.17) is 19.7 Å². The lowest BCUT2D eigenvalue weighted by Gasteiger charge is -2.15. The Hall–Kier alpha value is -2.83. The van der Waals surface area contributed by atoms with E-state index < -0.39 is 0 Å². The van der Waals surface area contributed by atoms with Crippen LogP contribution in [0.5, 0.6) is 23.0 Å². The number of nitrogens with zero attached hydrogens (tertiary/aromatic N) is 1. The number of para-hydroxylation sites is 2. The van der Waals surface area contributed by atoms with Crippen molar-refractivity contribution in [3.8, 4) is 23.0 Å². The van der Waals surface area contributed by atoms with Crippen molar-refractivity contribution in [2.24, 2.45) is 5.92 Å². The zero-order chi connectivity index (χ0) is 23.3. The highest BCUT2D eigenvalue weighted by molar-refractivity contribution is 7.99. The van der Waals surface area contributed by atoms with Crippen molar-refractivity contribution in [3.05, 3.63) is 78.9 Å². The normalized spacial score (nSPS) is 16.8. The number of rotatable bonds is 4. The Morgan fingerprint density at radius 1 is 0.970 bits per heavy atom. The van der Waals surface area contributed by atoms with Crippen molar-refractivity contribution in [1.29, 1.82) is 0 Å². The molecule has 0 aliphatic carbocycles. The second kappa shape index (κ2) is 13.7. The summed E-state index contributed by atoms with van der Waals surface area (Å²) in [5, 5.41) is 17.8. The molecule has 2 heterocycles. The number of thioether (sulfide) groups is 1. The Bertz CT molecular complexity index is 939. The van der Waals surface area contributed by atoms with Crippen molar-refractivity contribution < 1.29 is 19.7 Å². The van der Waals surface area contributed by atoms with Gasteiger partial charge in [-0.1, -0.05) is 43.3 Å². The largest absolute Gasteiger partial charge is 0.508 e. The lowest BCUT2D eigenvalue weighted by molar-refractivity contribution is 0.234. The summed E-state index contributed by atoms with van der Waals surface area (Å²) in [4.78, 5) is 3.52. The van der Waals surface area contributed by atoms with Crippen LogP contribution in [0.4, 0.5) is 0 Å². The first-order valence-electron chi connectivity index (χ1n) is 11.3. The van der Waals surface area contributed by atoms with E-state index in [2.05, 4.69) is 11.8 Å². The van der Waals surface area contributed by atoms with Crippen LogP contribution in [0.15, 0.2) is 83.8 Å². The Morgan fingerprint density at radius 3 is 2.33 bits per heavy atom. The van der Waals surface area contributed by atoms with E-state index in [-0.39, 0.29) is 0 Å². The van der Waals surface area contributed by atoms with Crippen LogP contribution in [0.1, 0.15) is 13.3 Å². The molecule has 3 aromatic carbocycles. The minimum absolute atomic E-state index is 0.307. The van der Waals surface area contributed by atoms with Crippen molar-refractivity contribution >= 4 is 11.8 Å². The zero-order valence-electron chi connectivity index (χ0n) is 19.1. The van der Waals surface area contributed by atoms with Gasteiger partial charge < -0.3 is 19.7 Å². The Morgan fingerprint density at radius 2 is 1.70 bits per heavy atom. The van der Waals surface area contributed by atoms with E-state index in [1.807, 2.05) is 36.4 Å². The van der Waals surface area contributed by atoms with Gasteiger partial charge in [0.2, 0.25) is 0 Å². The molecule has 0 radical (unpaired) electrons. The average molecular weight is 468 g/mol. The fourth-order valence-electron chi connectivity index (χ4n) is 3.50. The molecule has 0 amide bonds. The minimum Gasteiger partial charge on any atom is -0.508 e. The third kappa shape index (κ3) is 9.28. The zero-order valence-corrected chi connectivity index (χ0v) is 19.9. The van der Waals surface area contributed by atoms with Crippen LogP contribution in [0.2, 0.25) is 0 Å². The number of likely N-dealkylation sites (tertiary alicyclic amines) is 1. The van der Waals surface area contributed by atoms with E-state index >= 15 is 0 Å². The van der Waals surface area contributed by atoms with Crippen LogP contribution >= 0.6 is 11.8 Å². The molecule has 6 heteroatoms. The van der Waals surface area contributed by atoms with Gasteiger partial charge in [0.25, 0.3) is 0 Å². The van der Waals surface area contributed by atoms with Crippen LogP contribution in [-0.2, 0) is 0 Å². The van der Waals surface area contributed by atoms with Gasteiger partial charge in [-0.25, -0.2) is 0 Å². The molecule has 0 unspecified atom stereocenters. The molecule has 3 aromatic rings. The molecule has 0 bridgehead atoms. The summed E-state index contributed by atoms with van der Waals surface area (Å²) in [6, 6.07) is 23.9. The summed E-state index contributed by atoms with van der Waals surface area (Å²) < 4.78 is 11.0. The predicted octanol–water partition coefficient (Wildman–Crippen LogP) is 5.68. The predicted molar refractivity (Wildman–Crippen MR) is 135 cm³/mol. The second-order valence-electron chi connectivity index (χ2n) is 8.02. The highest BCUT2D eigenvalue weighted by atomic mass is 32.2. The van der Waals surface area contributed by atoms with Crippen molar-refractivity contribution in [2.75, 3.05) is 38.6 Å². The second-order valence-corrected chi connectivity index (χ2v) is 9.16. The van der Waals surface area contributed by atoms with Crippen molar-refractivity contribution in [3.63, 3.8) is 0 Å². The van der Waals surface area contributed by atoms with Crippen molar-refractivity contribution in [2.45, 2.75) is 18.2 Å². The number of fused-ring (bicyclic) bond motifs is 1. The summed E-state index contributed by atoms with van der Waals surface area (Å²) in [7, 11) is 0. The highest BCUT2D eigenvalue weighted by Crippen LogP contribution is 2.35. The number of phenolic OH excluding ortho intramolecular Hbond substituents is 2. The van der Waals surface area contributed by atoms with Gasteiger partial charge in [-0.15, -0.1) is 11.8 Å². The first kappa shape index (κ1) is 24.8. The Labute approximate surface area is 201 Å². The lowest BCUT2D eigenvalue weighted by Crippen LogP contribution is -2.25. The number of hydrogen-bond acceptors (Lipinski definition) is 6. The average Bonchev–Trinajstić information content (AvgIpc) is 3.26. The summed E-state index contributed by atoms with van der Waals surface area (Å²) in [5.41, 5.74) is 0. The van der Waals surface area contributed by atoms with Gasteiger partial charge in [0.05, 0.1) is 11.5 Å². The van der Waals surface area contributed by atoms with Crippen molar-refractivity contribution in [1.82, 2.24) is 4.90 Å². The van der Waals surface area contributed by atoms with Crippen LogP contribution in [0.25, 0.3) is 0 Å². The quantitative estimate of drug-likeness (QED) is 0.515. The maximum Gasteiger partial charge on any atom is 0.133 e. The molecular weight excluding hydrogens is 434 g/mol. The SMILES string of the molecule is C[C@@H]1CCN(CCOc2ccccc2)C1.Oc1ccc2c(c1)SCCO2.Oc1ccccc1. The molecule has 5 nitrogen and oxygen atoms in total. The number of hydrogen-bond donors (Lipinski definition) is 2. The molecule has 5 rings (SSSR count). The van der Waals surface area contributed by atoms with Gasteiger partial charge in [0.1, 0.15) is 29.6 Å². The third-order valence-corrected chi connectivity index (χ3v) is 6.21. The summed E-state index contributed by atoms with van der Waals surface area (Å²) >= 11 is 1.72. The van der Waals surface area contributed by atoms with Gasteiger partial charge in [0, 0.05) is 18.8 Å².